The van der Waals surface area contributed by atoms with Crippen LogP contribution in [-0.2, 0) is 16.1 Å². The third-order valence-electron chi connectivity index (χ3n) is 5.16. The van der Waals surface area contributed by atoms with Crippen molar-refractivity contribution >= 4 is 23.4 Å². The quantitative estimate of drug-likeness (QED) is 0.905. The summed E-state index contributed by atoms with van der Waals surface area (Å²) >= 11 is 6.08. The maximum Gasteiger partial charge on any atom is 0.240 e. The third kappa shape index (κ3) is 3.57. The normalized spacial score (nSPS) is 23.0. The van der Waals surface area contributed by atoms with Gasteiger partial charge in [0.1, 0.15) is 6.04 Å². The lowest BCUT2D eigenvalue weighted by molar-refractivity contribution is -0.137. The zero-order valence-electron chi connectivity index (χ0n) is 14.0. The Balaban J connectivity index is 1.58. The van der Waals surface area contributed by atoms with E-state index in [1.54, 1.807) is 4.90 Å². The van der Waals surface area contributed by atoms with E-state index in [9.17, 15) is 9.59 Å². The average molecular weight is 350 g/mol. The van der Waals surface area contributed by atoms with Crippen molar-refractivity contribution in [3.63, 3.8) is 0 Å². The minimum atomic E-state index is -0.409. The van der Waals surface area contributed by atoms with Gasteiger partial charge in [-0.25, -0.2) is 0 Å². The molecule has 6 heteroatoms. The predicted octanol–water partition coefficient (Wildman–Crippen LogP) is 2.09. The molecule has 1 atom stereocenters. The second kappa shape index (κ2) is 7.11. The number of aryl methyl sites for hydroxylation is 1. The summed E-state index contributed by atoms with van der Waals surface area (Å²) < 4.78 is 0. The fraction of sp³-hybridized carbons (Fsp3) is 0.556. The van der Waals surface area contributed by atoms with Crippen LogP contribution in [0.1, 0.15) is 36.8 Å². The molecule has 2 aliphatic rings. The van der Waals surface area contributed by atoms with E-state index in [0.29, 0.717) is 12.8 Å². The van der Waals surface area contributed by atoms with Gasteiger partial charge >= 0.3 is 0 Å². The van der Waals surface area contributed by atoms with E-state index in [1.807, 2.05) is 13.0 Å². The first-order valence-corrected chi connectivity index (χ1v) is 8.91. The van der Waals surface area contributed by atoms with E-state index in [0.717, 1.165) is 43.1 Å². The number of primary amides is 1. The molecule has 0 radical (unpaired) electrons. The summed E-state index contributed by atoms with van der Waals surface area (Å²) in [7, 11) is 0. The lowest BCUT2D eigenvalue weighted by Gasteiger charge is -2.38. The Morgan fingerprint density at radius 1 is 1.29 bits per heavy atom. The first-order chi connectivity index (χ1) is 11.5. The number of hydrogen-bond acceptors (Lipinski definition) is 3. The minimum absolute atomic E-state index is 0.0746. The summed E-state index contributed by atoms with van der Waals surface area (Å²) in [5, 5.41) is 0.794. The molecule has 2 heterocycles. The van der Waals surface area contributed by atoms with Gasteiger partial charge in [0.25, 0.3) is 0 Å². The zero-order chi connectivity index (χ0) is 17.3. The Labute approximate surface area is 147 Å². The first-order valence-electron chi connectivity index (χ1n) is 8.53. The molecule has 0 aliphatic carbocycles. The van der Waals surface area contributed by atoms with E-state index >= 15 is 0 Å². The van der Waals surface area contributed by atoms with Crippen LogP contribution in [0.3, 0.4) is 0 Å². The second-order valence-corrected chi connectivity index (χ2v) is 7.26. The monoisotopic (exact) mass is 349 g/mol. The minimum Gasteiger partial charge on any atom is -0.368 e. The van der Waals surface area contributed by atoms with Crippen LogP contribution < -0.4 is 5.73 Å². The Bertz CT molecular complexity index is 641. The summed E-state index contributed by atoms with van der Waals surface area (Å²) in [4.78, 5) is 27.8. The van der Waals surface area contributed by atoms with Crippen LogP contribution >= 0.6 is 11.6 Å². The van der Waals surface area contributed by atoms with E-state index in [-0.39, 0.29) is 17.9 Å². The maximum absolute atomic E-state index is 12.1. The number of likely N-dealkylation sites (tertiary alicyclic amines) is 2. The van der Waals surface area contributed by atoms with E-state index in [1.165, 1.54) is 5.56 Å². The molecule has 3 rings (SSSR count). The van der Waals surface area contributed by atoms with E-state index in [2.05, 4.69) is 17.0 Å². The highest BCUT2D eigenvalue weighted by Crippen LogP contribution is 2.27. The van der Waals surface area contributed by atoms with Gasteiger partial charge in [0, 0.05) is 37.1 Å². The van der Waals surface area contributed by atoms with Gasteiger partial charge in [0.05, 0.1) is 0 Å². The molecule has 0 aromatic heterocycles. The molecule has 5 nitrogen and oxygen atoms in total. The van der Waals surface area contributed by atoms with Gasteiger partial charge in [0.2, 0.25) is 11.8 Å². The highest BCUT2D eigenvalue weighted by atomic mass is 35.5. The summed E-state index contributed by atoms with van der Waals surface area (Å²) in [5.41, 5.74) is 7.80. The van der Waals surface area contributed by atoms with Gasteiger partial charge in [-0.05, 0) is 43.4 Å². The molecule has 2 aliphatic heterocycles. The summed E-state index contributed by atoms with van der Waals surface area (Å²) in [6, 6.07) is 5.86. The highest BCUT2D eigenvalue weighted by Gasteiger charge is 2.40. The summed E-state index contributed by atoms with van der Waals surface area (Å²) in [6.45, 7) is 4.74. The molecule has 2 saturated heterocycles. The third-order valence-corrected chi connectivity index (χ3v) is 5.59. The molecule has 130 valence electrons. The van der Waals surface area contributed by atoms with Crippen LogP contribution in [0, 0.1) is 6.92 Å². The number of carbonyl (C=O) groups excluding carboxylic acids is 2. The molecule has 2 fully saturated rings. The molecule has 0 bridgehead atoms. The van der Waals surface area contributed by atoms with Crippen molar-refractivity contribution in [2.24, 2.45) is 5.73 Å². The summed E-state index contributed by atoms with van der Waals surface area (Å²) in [6.07, 6.45) is 2.79. The fourth-order valence-corrected chi connectivity index (χ4v) is 3.98. The van der Waals surface area contributed by atoms with Crippen LogP contribution in [0.4, 0.5) is 0 Å². The van der Waals surface area contributed by atoms with Crippen molar-refractivity contribution in [3.05, 3.63) is 34.3 Å². The number of piperidine rings is 1. The molecule has 2 N–H and O–H groups in total. The molecule has 2 amide bonds. The molecule has 0 spiro atoms. The number of benzene rings is 1. The van der Waals surface area contributed by atoms with Crippen LogP contribution in [-0.4, -0.2) is 46.8 Å². The number of halogens is 1. The van der Waals surface area contributed by atoms with Gasteiger partial charge in [0.15, 0.2) is 0 Å². The number of nitrogens with two attached hydrogens (primary N) is 1. The Morgan fingerprint density at radius 2 is 2.00 bits per heavy atom. The van der Waals surface area contributed by atoms with Crippen molar-refractivity contribution in [3.8, 4) is 0 Å². The largest absolute Gasteiger partial charge is 0.368 e. The topological polar surface area (TPSA) is 66.6 Å². The average Bonchev–Trinajstić information content (AvgIpc) is 2.94. The van der Waals surface area contributed by atoms with Crippen molar-refractivity contribution in [2.75, 3.05) is 13.1 Å². The molecular weight excluding hydrogens is 326 g/mol. The van der Waals surface area contributed by atoms with Gasteiger partial charge in [-0.15, -0.1) is 0 Å². The SMILES string of the molecule is Cc1cc(CN2CCC(N3C(=O)CCC3C(N)=O)CC2)ccc1Cl. The molecule has 1 aromatic rings. The standard InChI is InChI=1S/C18H24ClN3O2/c1-12-10-13(2-3-15(12)19)11-21-8-6-14(7-9-21)22-16(18(20)24)4-5-17(22)23/h2-3,10,14,16H,4-9,11H2,1H3,(H2,20,24). The first kappa shape index (κ1) is 17.2. The van der Waals surface area contributed by atoms with E-state index < -0.39 is 6.04 Å². The number of nitrogens with zero attached hydrogens (tertiary/aromatic N) is 2. The van der Waals surface area contributed by atoms with Gasteiger partial charge in [-0.3, -0.25) is 14.5 Å². The van der Waals surface area contributed by atoms with Gasteiger partial charge < -0.3 is 10.6 Å². The zero-order valence-corrected chi connectivity index (χ0v) is 14.8. The number of carbonyl (C=O) groups is 2. The molecule has 24 heavy (non-hydrogen) atoms. The molecule has 0 saturated carbocycles. The number of amides is 2. The van der Waals surface area contributed by atoms with Crippen LogP contribution in [0.5, 0.6) is 0 Å². The molecule has 1 unspecified atom stereocenters. The van der Waals surface area contributed by atoms with Crippen LogP contribution in [0.15, 0.2) is 18.2 Å². The number of rotatable bonds is 4. The lowest BCUT2D eigenvalue weighted by Crippen LogP contribution is -2.51. The van der Waals surface area contributed by atoms with Crippen molar-refractivity contribution < 1.29 is 9.59 Å². The molecular formula is C18H24ClN3O2. The van der Waals surface area contributed by atoms with Crippen LogP contribution in [0.2, 0.25) is 5.02 Å². The molecule has 1 aromatic carbocycles. The highest BCUT2D eigenvalue weighted by molar-refractivity contribution is 6.31. The van der Waals surface area contributed by atoms with Crippen LogP contribution in [0.25, 0.3) is 0 Å². The Kier molecular flexibility index (Phi) is 5.11. The Morgan fingerprint density at radius 3 is 2.62 bits per heavy atom. The maximum atomic E-state index is 12.1. The second-order valence-electron chi connectivity index (χ2n) is 6.85. The number of hydrogen-bond donors (Lipinski definition) is 1. The van der Waals surface area contributed by atoms with Crippen molar-refractivity contribution in [1.29, 1.82) is 0 Å². The smallest absolute Gasteiger partial charge is 0.240 e. The lowest BCUT2D eigenvalue weighted by atomic mass is 10.0. The van der Waals surface area contributed by atoms with Crippen molar-refractivity contribution in [1.82, 2.24) is 9.80 Å². The van der Waals surface area contributed by atoms with Crippen molar-refractivity contribution in [2.45, 2.75) is 51.2 Å². The fourth-order valence-electron chi connectivity index (χ4n) is 3.86. The van der Waals surface area contributed by atoms with E-state index in [4.69, 9.17) is 17.3 Å². The Hall–Kier alpha value is -1.59. The van der Waals surface area contributed by atoms with Gasteiger partial charge in [-0.1, -0.05) is 23.7 Å². The van der Waals surface area contributed by atoms with Gasteiger partial charge in [-0.2, -0.15) is 0 Å². The predicted molar refractivity (Wildman–Crippen MR) is 93.6 cm³/mol. The summed E-state index contributed by atoms with van der Waals surface area (Å²) in [5.74, 6) is -0.300.